The number of hydrogen-bond donors (Lipinski definition) is 1. The third-order valence-electron chi connectivity index (χ3n) is 8.07. The number of rotatable bonds is 5. The molecule has 2 unspecified atom stereocenters. The lowest BCUT2D eigenvalue weighted by atomic mass is 9.66. The van der Waals surface area contributed by atoms with Crippen LogP contribution in [0.4, 0.5) is 0 Å². The van der Waals surface area contributed by atoms with Crippen LogP contribution in [0.2, 0.25) is 0 Å². The van der Waals surface area contributed by atoms with Gasteiger partial charge in [0.05, 0.1) is 17.7 Å². The monoisotopic (exact) mass is 471 g/mol. The molecule has 1 aromatic heterocycles. The minimum absolute atomic E-state index is 0.0124. The van der Waals surface area contributed by atoms with Crippen LogP contribution in [0.15, 0.2) is 47.6 Å². The Morgan fingerprint density at radius 3 is 2.46 bits per heavy atom. The van der Waals surface area contributed by atoms with Crippen LogP contribution < -0.4 is 0 Å². The number of likely N-dealkylation sites (tertiary alicyclic amines) is 1. The molecule has 1 aromatic carbocycles. The predicted molar refractivity (Wildman–Crippen MR) is 132 cm³/mol. The molecule has 7 heteroatoms. The fourth-order valence-electron chi connectivity index (χ4n) is 5.86. The number of benzene rings is 1. The van der Waals surface area contributed by atoms with E-state index in [9.17, 15) is 4.79 Å². The highest BCUT2D eigenvalue weighted by atomic mass is 16.5. The number of aromatic amines is 1. The van der Waals surface area contributed by atoms with E-state index in [0.717, 1.165) is 61.6 Å². The van der Waals surface area contributed by atoms with E-state index in [1.165, 1.54) is 5.56 Å². The third kappa shape index (κ3) is 4.68. The topological polar surface area (TPSA) is 94.9 Å². The average molecular weight is 472 g/mol. The number of nitrogens with zero attached hydrogens (tertiary/aromatic N) is 4. The van der Waals surface area contributed by atoms with E-state index in [4.69, 9.17) is 10.00 Å². The number of allylic oxidation sites excluding steroid dienone is 2. The maximum absolute atomic E-state index is 13.6. The number of methoxy groups -OCH3 is 1. The van der Waals surface area contributed by atoms with Gasteiger partial charge in [-0.25, -0.2) is 4.98 Å². The third-order valence-corrected chi connectivity index (χ3v) is 8.07. The van der Waals surface area contributed by atoms with Gasteiger partial charge in [-0.3, -0.25) is 9.89 Å². The Morgan fingerprint density at radius 1 is 1.14 bits per heavy atom. The molecule has 2 aromatic rings. The van der Waals surface area contributed by atoms with Gasteiger partial charge in [0.1, 0.15) is 5.82 Å². The summed E-state index contributed by atoms with van der Waals surface area (Å²) in [6.45, 7) is 5.44. The van der Waals surface area contributed by atoms with Gasteiger partial charge in [-0.15, -0.1) is 0 Å². The first-order valence-corrected chi connectivity index (χ1v) is 12.6. The Morgan fingerprint density at radius 2 is 1.86 bits per heavy atom. The number of carbonyl (C=O) groups excluding carboxylic acids is 1. The average Bonchev–Trinajstić information content (AvgIpc) is 3.29. The summed E-state index contributed by atoms with van der Waals surface area (Å²) in [5.41, 5.74) is 3.77. The quantitative estimate of drug-likeness (QED) is 0.697. The number of amides is 1. The van der Waals surface area contributed by atoms with Crippen molar-refractivity contribution in [2.24, 2.45) is 11.8 Å². The van der Waals surface area contributed by atoms with Gasteiger partial charge in [-0.05, 0) is 80.6 Å². The molecule has 2 heterocycles. The fraction of sp³-hybridized carbons (Fsp3) is 0.500. The Labute approximate surface area is 206 Å². The molecule has 5 rings (SSSR count). The molecule has 3 aliphatic rings. The first-order valence-electron chi connectivity index (χ1n) is 12.6. The van der Waals surface area contributed by atoms with E-state index < -0.39 is 0 Å². The molecule has 1 amide bonds. The van der Waals surface area contributed by atoms with E-state index in [0.29, 0.717) is 23.5 Å². The Bertz CT molecular complexity index is 1170. The van der Waals surface area contributed by atoms with Crippen LogP contribution in [0.1, 0.15) is 67.2 Å². The number of nitrogens with one attached hydrogen (secondary N) is 1. The standard InChI is InChI=1S/C28H33N5O2/c1-17-12-25(22-13-23(14-22)35-3)26(27-30-18(2)31-32-27)15-24(17)28(34)33-10-8-21(9-11-33)20-6-4-19(16-29)5-7-20/h4-7,12,15,21-23,25-26H,8-11,13-14H2,1-3H3,(H,30,31,32). The molecule has 7 nitrogen and oxygen atoms in total. The lowest BCUT2D eigenvalue weighted by Gasteiger charge is -2.42. The molecule has 35 heavy (non-hydrogen) atoms. The molecule has 0 bridgehead atoms. The molecule has 2 aliphatic carbocycles. The number of aryl methyl sites for hydroxylation is 1. The van der Waals surface area contributed by atoms with Crippen LogP contribution in [0.5, 0.6) is 0 Å². The van der Waals surface area contributed by atoms with Crippen molar-refractivity contribution < 1.29 is 9.53 Å². The van der Waals surface area contributed by atoms with Crippen molar-refractivity contribution in [1.29, 1.82) is 5.26 Å². The summed E-state index contributed by atoms with van der Waals surface area (Å²) < 4.78 is 5.52. The highest BCUT2D eigenvalue weighted by Crippen LogP contribution is 2.46. The van der Waals surface area contributed by atoms with E-state index in [2.05, 4.69) is 52.5 Å². The van der Waals surface area contributed by atoms with Crippen molar-refractivity contribution in [2.45, 2.75) is 57.5 Å². The van der Waals surface area contributed by atoms with Crippen molar-refractivity contribution in [3.05, 3.63) is 70.3 Å². The van der Waals surface area contributed by atoms with Crippen molar-refractivity contribution in [1.82, 2.24) is 20.1 Å². The van der Waals surface area contributed by atoms with Gasteiger partial charge < -0.3 is 9.64 Å². The van der Waals surface area contributed by atoms with Crippen LogP contribution in [-0.2, 0) is 9.53 Å². The zero-order valence-electron chi connectivity index (χ0n) is 20.7. The number of aromatic nitrogens is 3. The van der Waals surface area contributed by atoms with Crippen molar-refractivity contribution in [2.75, 3.05) is 20.2 Å². The highest BCUT2D eigenvalue weighted by Gasteiger charge is 2.41. The number of piperidine rings is 1. The predicted octanol–water partition coefficient (Wildman–Crippen LogP) is 4.40. The van der Waals surface area contributed by atoms with Gasteiger partial charge in [0.15, 0.2) is 5.82 Å². The molecule has 2 atom stereocenters. The summed E-state index contributed by atoms with van der Waals surface area (Å²) in [4.78, 5) is 20.3. The fourth-order valence-corrected chi connectivity index (χ4v) is 5.86. The van der Waals surface area contributed by atoms with Gasteiger partial charge in [-0.2, -0.15) is 10.4 Å². The number of ether oxygens (including phenoxy) is 1. The number of H-pyrrole nitrogens is 1. The van der Waals surface area contributed by atoms with Crippen molar-refractivity contribution in [3.63, 3.8) is 0 Å². The zero-order valence-corrected chi connectivity index (χ0v) is 20.7. The molecule has 1 saturated carbocycles. The van der Waals surface area contributed by atoms with Crippen LogP contribution in [0, 0.1) is 30.1 Å². The Hall–Kier alpha value is -3.24. The number of nitriles is 1. The molecular weight excluding hydrogens is 438 g/mol. The lowest BCUT2D eigenvalue weighted by molar-refractivity contribution is -0.128. The summed E-state index contributed by atoms with van der Waals surface area (Å²) in [5.74, 6) is 2.86. The van der Waals surface area contributed by atoms with Crippen LogP contribution in [0.25, 0.3) is 0 Å². The Kier molecular flexibility index (Phi) is 6.57. The summed E-state index contributed by atoms with van der Waals surface area (Å²) in [6.07, 6.45) is 8.66. The lowest BCUT2D eigenvalue weighted by Crippen LogP contribution is -2.41. The molecular formula is C28H33N5O2. The molecule has 1 saturated heterocycles. The van der Waals surface area contributed by atoms with Crippen LogP contribution in [0.3, 0.4) is 0 Å². The minimum atomic E-state index is -0.0124. The second-order valence-corrected chi connectivity index (χ2v) is 10.2. The molecule has 1 aliphatic heterocycles. The summed E-state index contributed by atoms with van der Waals surface area (Å²) in [5, 5.41) is 16.5. The highest BCUT2D eigenvalue weighted by molar-refractivity contribution is 5.98. The normalized spacial score (nSPS) is 27.0. The van der Waals surface area contributed by atoms with Crippen molar-refractivity contribution >= 4 is 5.91 Å². The molecule has 1 N–H and O–H groups in total. The van der Waals surface area contributed by atoms with E-state index in [-0.39, 0.29) is 17.7 Å². The number of carbonyl (C=O) groups is 1. The minimum Gasteiger partial charge on any atom is -0.381 e. The smallest absolute Gasteiger partial charge is 0.253 e. The molecule has 2 fully saturated rings. The van der Waals surface area contributed by atoms with Gasteiger partial charge in [0.25, 0.3) is 5.91 Å². The van der Waals surface area contributed by atoms with E-state index in [1.807, 2.05) is 24.0 Å². The zero-order chi connectivity index (χ0) is 24.5. The van der Waals surface area contributed by atoms with Gasteiger partial charge in [0.2, 0.25) is 0 Å². The van der Waals surface area contributed by atoms with Gasteiger partial charge in [-0.1, -0.05) is 24.3 Å². The summed E-state index contributed by atoms with van der Waals surface area (Å²) in [6, 6.07) is 10.0. The molecule has 182 valence electrons. The van der Waals surface area contributed by atoms with Gasteiger partial charge in [0, 0.05) is 31.7 Å². The second-order valence-electron chi connectivity index (χ2n) is 10.2. The van der Waals surface area contributed by atoms with Crippen LogP contribution in [-0.4, -0.2) is 52.3 Å². The molecule has 0 spiro atoms. The second kappa shape index (κ2) is 9.79. The summed E-state index contributed by atoms with van der Waals surface area (Å²) in [7, 11) is 1.78. The SMILES string of the molecule is COC1CC(C2C=C(C)C(C(=O)N3CCC(c4ccc(C#N)cc4)CC3)=CC2c2n[nH]c(C)n2)C1. The van der Waals surface area contributed by atoms with Gasteiger partial charge >= 0.3 is 0 Å². The number of hydrogen-bond acceptors (Lipinski definition) is 5. The molecule has 0 radical (unpaired) electrons. The summed E-state index contributed by atoms with van der Waals surface area (Å²) >= 11 is 0. The largest absolute Gasteiger partial charge is 0.381 e. The first-order chi connectivity index (χ1) is 17.0. The van der Waals surface area contributed by atoms with E-state index >= 15 is 0 Å². The van der Waals surface area contributed by atoms with Crippen LogP contribution >= 0.6 is 0 Å². The first kappa shape index (κ1) is 23.5. The Balaban J connectivity index is 1.31. The van der Waals surface area contributed by atoms with Crippen molar-refractivity contribution in [3.8, 4) is 6.07 Å². The maximum Gasteiger partial charge on any atom is 0.253 e. The maximum atomic E-state index is 13.6. The van der Waals surface area contributed by atoms with E-state index in [1.54, 1.807) is 7.11 Å².